The van der Waals surface area contributed by atoms with Crippen LogP contribution in [-0.2, 0) is 17.8 Å². The molecular weight excluding hydrogens is 436 g/mol. The molecule has 1 N–H and O–H groups in total. The first-order valence-corrected chi connectivity index (χ1v) is 11.7. The molecule has 0 radical (unpaired) electrons. The van der Waals surface area contributed by atoms with E-state index in [0.29, 0.717) is 35.8 Å². The largest absolute Gasteiger partial charge is 0.493 e. The molecule has 33 heavy (non-hydrogen) atoms. The van der Waals surface area contributed by atoms with Crippen LogP contribution in [0.3, 0.4) is 0 Å². The summed E-state index contributed by atoms with van der Waals surface area (Å²) in [6, 6.07) is 20.9. The number of carbonyl (C=O) groups excluding carboxylic acids is 2. The van der Waals surface area contributed by atoms with E-state index in [4.69, 9.17) is 9.47 Å². The van der Waals surface area contributed by atoms with E-state index in [2.05, 4.69) is 17.4 Å². The van der Waals surface area contributed by atoms with Gasteiger partial charge in [0.15, 0.2) is 11.5 Å². The number of amides is 2. The molecule has 0 fully saturated rings. The van der Waals surface area contributed by atoms with E-state index in [0.717, 1.165) is 11.3 Å². The van der Waals surface area contributed by atoms with Crippen LogP contribution in [0.4, 0.5) is 5.69 Å². The Morgan fingerprint density at radius 2 is 1.67 bits per heavy atom. The molecular formula is C26H26N2O4S. The molecule has 7 heteroatoms. The maximum atomic E-state index is 13.3. The summed E-state index contributed by atoms with van der Waals surface area (Å²) in [5.41, 5.74) is 3.74. The third-order valence-corrected chi connectivity index (χ3v) is 6.63. The second-order valence-electron chi connectivity index (χ2n) is 7.65. The highest BCUT2D eigenvalue weighted by Crippen LogP contribution is 2.30. The van der Waals surface area contributed by atoms with Gasteiger partial charge in [0.1, 0.15) is 0 Å². The molecule has 1 aliphatic rings. The number of benzene rings is 3. The van der Waals surface area contributed by atoms with Crippen LogP contribution in [0.1, 0.15) is 21.5 Å². The second kappa shape index (κ2) is 10.4. The molecule has 3 aromatic rings. The van der Waals surface area contributed by atoms with Gasteiger partial charge in [0, 0.05) is 29.7 Å². The van der Waals surface area contributed by atoms with E-state index in [9.17, 15) is 9.59 Å². The van der Waals surface area contributed by atoms with Crippen molar-refractivity contribution in [3.8, 4) is 11.5 Å². The number of nitrogens with zero attached hydrogens (tertiary/aromatic N) is 1. The number of thioether (sulfide) groups is 1. The third-order valence-electron chi connectivity index (χ3n) is 5.56. The quantitative estimate of drug-likeness (QED) is 0.519. The second-order valence-corrected chi connectivity index (χ2v) is 8.67. The Bertz CT molecular complexity index is 1160. The number of rotatable bonds is 7. The van der Waals surface area contributed by atoms with Gasteiger partial charge in [-0.3, -0.25) is 9.59 Å². The molecule has 0 aromatic heterocycles. The normalized spacial score (nSPS) is 12.6. The minimum Gasteiger partial charge on any atom is -0.493 e. The zero-order valence-corrected chi connectivity index (χ0v) is 19.5. The molecule has 0 unspecified atom stereocenters. The fraction of sp³-hybridized carbons (Fsp3) is 0.231. The molecule has 0 atom stereocenters. The van der Waals surface area contributed by atoms with Gasteiger partial charge in [0.05, 0.1) is 25.5 Å². The number of hydrogen-bond acceptors (Lipinski definition) is 5. The fourth-order valence-electron chi connectivity index (χ4n) is 3.86. The van der Waals surface area contributed by atoms with E-state index in [1.807, 2.05) is 41.3 Å². The van der Waals surface area contributed by atoms with Crippen molar-refractivity contribution in [1.82, 2.24) is 4.90 Å². The lowest BCUT2D eigenvalue weighted by molar-refractivity contribution is -0.113. The van der Waals surface area contributed by atoms with Gasteiger partial charge in [-0.2, -0.15) is 0 Å². The summed E-state index contributed by atoms with van der Waals surface area (Å²) in [7, 11) is 3.11. The number of methoxy groups -OCH3 is 2. The maximum absolute atomic E-state index is 13.3. The molecule has 6 nitrogen and oxygen atoms in total. The molecule has 1 heterocycles. The summed E-state index contributed by atoms with van der Waals surface area (Å²) in [4.78, 5) is 28.5. The van der Waals surface area contributed by atoms with Crippen molar-refractivity contribution in [2.45, 2.75) is 17.9 Å². The minimum absolute atomic E-state index is 0.00657. The molecule has 4 rings (SSSR count). The fourth-order valence-corrected chi connectivity index (χ4v) is 4.71. The average Bonchev–Trinajstić information content (AvgIpc) is 2.86. The number of nitrogens with one attached hydrogen (secondary N) is 1. The molecule has 0 aliphatic carbocycles. The van der Waals surface area contributed by atoms with Crippen LogP contribution < -0.4 is 14.8 Å². The van der Waals surface area contributed by atoms with Crippen LogP contribution in [0, 0.1) is 0 Å². The predicted molar refractivity (Wildman–Crippen MR) is 130 cm³/mol. The third kappa shape index (κ3) is 5.31. The maximum Gasteiger partial charge on any atom is 0.255 e. The zero-order valence-electron chi connectivity index (χ0n) is 18.7. The lowest BCUT2D eigenvalue weighted by Crippen LogP contribution is -2.36. The number of fused-ring (bicyclic) bond motifs is 1. The topological polar surface area (TPSA) is 67.9 Å². The van der Waals surface area contributed by atoms with E-state index in [1.54, 1.807) is 32.4 Å². The number of ether oxygens (including phenoxy) is 2. The van der Waals surface area contributed by atoms with Crippen LogP contribution in [0.2, 0.25) is 0 Å². The highest BCUT2D eigenvalue weighted by molar-refractivity contribution is 8.00. The summed E-state index contributed by atoms with van der Waals surface area (Å²) in [5, 5.41) is 2.87. The lowest BCUT2D eigenvalue weighted by atomic mass is 9.99. The Labute approximate surface area is 197 Å². The monoisotopic (exact) mass is 462 g/mol. The van der Waals surface area contributed by atoms with Crippen molar-refractivity contribution < 1.29 is 19.1 Å². The molecule has 2 amide bonds. The summed E-state index contributed by atoms with van der Waals surface area (Å²) in [6.45, 7) is 1.29. The number of hydrogen-bond donors (Lipinski definition) is 1. The first kappa shape index (κ1) is 22.7. The SMILES string of the molecule is COc1ccc(NC(=O)CSc2ccccc2C(=O)N2CCc3ccccc3C2)cc1OC. The minimum atomic E-state index is -0.165. The number of carbonyl (C=O) groups is 2. The predicted octanol–water partition coefficient (Wildman–Crippen LogP) is 4.63. The Morgan fingerprint density at radius 1 is 0.939 bits per heavy atom. The Kier molecular flexibility index (Phi) is 7.19. The highest BCUT2D eigenvalue weighted by Gasteiger charge is 2.23. The Hall–Kier alpha value is -3.45. The van der Waals surface area contributed by atoms with Gasteiger partial charge < -0.3 is 19.7 Å². The van der Waals surface area contributed by atoms with Crippen LogP contribution in [-0.4, -0.2) is 43.2 Å². The van der Waals surface area contributed by atoms with Gasteiger partial charge in [-0.05, 0) is 41.8 Å². The molecule has 0 bridgehead atoms. The van der Waals surface area contributed by atoms with Gasteiger partial charge in [-0.1, -0.05) is 36.4 Å². The van der Waals surface area contributed by atoms with Gasteiger partial charge in [0.25, 0.3) is 5.91 Å². The van der Waals surface area contributed by atoms with E-state index >= 15 is 0 Å². The van der Waals surface area contributed by atoms with Gasteiger partial charge in [-0.15, -0.1) is 11.8 Å². The van der Waals surface area contributed by atoms with Crippen molar-refractivity contribution in [2.75, 3.05) is 31.8 Å². The molecule has 1 aliphatic heterocycles. The summed E-state index contributed by atoms with van der Waals surface area (Å²) >= 11 is 1.35. The molecule has 0 saturated carbocycles. The van der Waals surface area contributed by atoms with E-state index in [1.165, 1.54) is 22.9 Å². The summed E-state index contributed by atoms with van der Waals surface area (Å²) in [5.74, 6) is 1.15. The Balaban J connectivity index is 1.41. The van der Waals surface area contributed by atoms with Crippen molar-refractivity contribution >= 4 is 29.3 Å². The van der Waals surface area contributed by atoms with Crippen molar-refractivity contribution in [3.05, 3.63) is 83.4 Å². The first-order valence-electron chi connectivity index (χ1n) is 10.7. The standard InChI is InChI=1S/C26H26N2O4S/c1-31-22-12-11-20(15-23(22)32-2)27-25(29)17-33-24-10-6-5-9-21(24)26(30)28-14-13-18-7-3-4-8-19(18)16-28/h3-12,15H,13-14,16-17H2,1-2H3,(H,27,29). The molecule has 0 spiro atoms. The van der Waals surface area contributed by atoms with Crippen LogP contribution in [0.5, 0.6) is 11.5 Å². The Morgan fingerprint density at radius 3 is 2.45 bits per heavy atom. The lowest BCUT2D eigenvalue weighted by Gasteiger charge is -2.29. The zero-order chi connectivity index (χ0) is 23.2. The molecule has 170 valence electrons. The molecule has 0 saturated heterocycles. The molecule has 3 aromatic carbocycles. The van der Waals surface area contributed by atoms with E-state index in [-0.39, 0.29) is 17.6 Å². The van der Waals surface area contributed by atoms with Crippen molar-refractivity contribution in [1.29, 1.82) is 0 Å². The van der Waals surface area contributed by atoms with Crippen molar-refractivity contribution in [2.24, 2.45) is 0 Å². The average molecular weight is 463 g/mol. The van der Waals surface area contributed by atoms with Gasteiger partial charge in [-0.25, -0.2) is 0 Å². The smallest absolute Gasteiger partial charge is 0.255 e. The van der Waals surface area contributed by atoms with Crippen LogP contribution in [0.15, 0.2) is 71.6 Å². The number of anilines is 1. The summed E-state index contributed by atoms with van der Waals surface area (Å²) in [6.07, 6.45) is 0.852. The van der Waals surface area contributed by atoms with Crippen molar-refractivity contribution in [3.63, 3.8) is 0 Å². The van der Waals surface area contributed by atoms with Gasteiger partial charge in [0.2, 0.25) is 5.91 Å². The van der Waals surface area contributed by atoms with E-state index < -0.39 is 0 Å². The first-order chi connectivity index (χ1) is 16.1. The van der Waals surface area contributed by atoms with Crippen LogP contribution in [0.25, 0.3) is 0 Å². The summed E-state index contributed by atoms with van der Waals surface area (Å²) < 4.78 is 10.5. The highest BCUT2D eigenvalue weighted by atomic mass is 32.2. The van der Waals surface area contributed by atoms with Gasteiger partial charge >= 0.3 is 0 Å². The van der Waals surface area contributed by atoms with Crippen LogP contribution >= 0.6 is 11.8 Å².